The Morgan fingerprint density at radius 2 is 1.54 bits per heavy atom. The SMILES string of the molecule is Cl.O=C(CNC(=O)c1ccc(S(=O)(=O)Nc2ccccc2Oc2ccccc2)cc1)NCCCCC1CCNCC1. The summed E-state index contributed by atoms with van der Waals surface area (Å²) in [5, 5.41) is 8.78. The van der Waals surface area contributed by atoms with Crippen LogP contribution in [0.4, 0.5) is 5.69 Å². The van der Waals surface area contributed by atoms with Crippen molar-refractivity contribution >= 4 is 39.9 Å². The first-order chi connectivity index (χ1) is 19.4. The standard InChI is InChI=1S/C30H36N4O5S.ClH/c35-29(32-19-7-6-8-23-17-20-31-21-18-23)22-33-30(36)24-13-15-26(16-14-24)40(37,38)34-27-11-4-5-12-28(27)39-25-9-2-1-3-10-25;/h1-5,9-16,23,31,34H,6-8,17-22H2,(H,32,35)(H,33,36);1H. The Morgan fingerprint density at radius 3 is 2.27 bits per heavy atom. The molecule has 0 radical (unpaired) electrons. The lowest BCUT2D eigenvalue weighted by Gasteiger charge is -2.22. The van der Waals surface area contributed by atoms with Crippen LogP contribution in [0, 0.1) is 5.92 Å². The van der Waals surface area contributed by atoms with Gasteiger partial charge in [0.05, 0.1) is 17.1 Å². The Morgan fingerprint density at radius 1 is 0.854 bits per heavy atom. The van der Waals surface area contributed by atoms with Gasteiger partial charge in [0.2, 0.25) is 5.91 Å². The van der Waals surface area contributed by atoms with E-state index in [1.807, 2.05) is 18.2 Å². The van der Waals surface area contributed by atoms with Gasteiger partial charge in [-0.25, -0.2) is 8.42 Å². The first kappa shape index (κ1) is 31.9. The number of nitrogens with one attached hydrogen (secondary N) is 4. The third kappa shape index (κ3) is 10.1. The lowest BCUT2D eigenvalue weighted by Crippen LogP contribution is -2.37. The average Bonchev–Trinajstić information content (AvgIpc) is 2.98. The van der Waals surface area contributed by atoms with Gasteiger partial charge in [-0.15, -0.1) is 12.4 Å². The zero-order chi connectivity index (χ0) is 28.2. The minimum absolute atomic E-state index is 0. The minimum Gasteiger partial charge on any atom is -0.455 e. The van der Waals surface area contributed by atoms with E-state index in [4.69, 9.17) is 4.74 Å². The molecule has 1 aliphatic heterocycles. The summed E-state index contributed by atoms with van der Waals surface area (Å²) in [5.41, 5.74) is 0.534. The number of hydrogen-bond acceptors (Lipinski definition) is 6. The van der Waals surface area contributed by atoms with Crippen molar-refractivity contribution in [2.24, 2.45) is 5.92 Å². The predicted molar refractivity (Wildman–Crippen MR) is 162 cm³/mol. The highest BCUT2D eigenvalue weighted by Gasteiger charge is 2.18. The number of carbonyl (C=O) groups excluding carboxylic acids is 2. The van der Waals surface area contributed by atoms with Crippen molar-refractivity contribution in [1.82, 2.24) is 16.0 Å². The number of halogens is 1. The first-order valence-electron chi connectivity index (χ1n) is 13.6. The Kier molecular flexibility index (Phi) is 12.5. The van der Waals surface area contributed by atoms with Crippen LogP contribution < -0.4 is 25.4 Å². The van der Waals surface area contributed by atoms with Gasteiger partial charge in [0.15, 0.2) is 5.75 Å². The molecule has 0 unspecified atom stereocenters. The summed E-state index contributed by atoms with van der Waals surface area (Å²) >= 11 is 0. The van der Waals surface area contributed by atoms with Crippen LogP contribution in [-0.4, -0.2) is 46.4 Å². The smallest absolute Gasteiger partial charge is 0.262 e. The highest BCUT2D eigenvalue weighted by molar-refractivity contribution is 7.92. The number of anilines is 1. The van der Waals surface area contributed by atoms with Crippen molar-refractivity contribution in [3.8, 4) is 11.5 Å². The molecule has 3 aromatic carbocycles. The third-order valence-electron chi connectivity index (χ3n) is 6.76. The fourth-order valence-corrected chi connectivity index (χ4v) is 5.60. The summed E-state index contributed by atoms with van der Waals surface area (Å²) in [6.07, 6.45) is 5.62. The predicted octanol–water partition coefficient (Wildman–Crippen LogP) is 4.72. The van der Waals surface area contributed by atoms with E-state index in [0.29, 0.717) is 18.0 Å². The molecule has 1 saturated heterocycles. The number of unbranched alkanes of at least 4 members (excludes halogenated alkanes) is 1. The van der Waals surface area contributed by atoms with E-state index < -0.39 is 15.9 Å². The van der Waals surface area contributed by atoms with Gasteiger partial charge in [-0.3, -0.25) is 14.3 Å². The van der Waals surface area contributed by atoms with Crippen LogP contribution in [0.3, 0.4) is 0 Å². The Labute approximate surface area is 247 Å². The third-order valence-corrected chi connectivity index (χ3v) is 8.14. The Balaban J connectivity index is 0.00000462. The quantitative estimate of drug-likeness (QED) is 0.210. The maximum atomic E-state index is 13.0. The van der Waals surface area contributed by atoms with Gasteiger partial charge in [-0.1, -0.05) is 43.2 Å². The summed E-state index contributed by atoms with van der Waals surface area (Å²) in [6, 6.07) is 21.3. The van der Waals surface area contributed by atoms with Crippen LogP contribution in [0.2, 0.25) is 0 Å². The van der Waals surface area contributed by atoms with Gasteiger partial charge in [0.1, 0.15) is 5.75 Å². The summed E-state index contributed by atoms with van der Waals surface area (Å²) in [7, 11) is -3.95. The summed E-state index contributed by atoms with van der Waals surface area (Å²) in [4.78, 5) is 24.6. The molecule has 0 saturated carbocycles. The van der Waals surface area contributed by atoms with Gasteiger partial charge in [0, 0.05) is 12.1 Å². The van der Waals surface area contributed by atoms with E-state index in [1.165, 1.54) is 43.5 Å². The molecule has 1 aliphatic rings. The fourth-order valence-electron chi connectivity index (χ4n) is 4.53. The minimum atomic E-state index is -3.95. The monoisotopic (exact) mass is 600 g/mol. The van der Waals surface area contributed by atoms with Gasteiger partial charge >= 0.3 is 0 Å². The molecule has 0 aliphatic carbocycles. The second kappa shape index (κ2) is 16.0. The van der Waals surface area contributed by atoms with Crippen molar-refractivity contribution in [2.75, 3.05) is 30.9 Å². The van der Waals surface area contributed by atoms with Crippen LogP contribution in [-0.2, 0) is 14.8 Å². The van der Waals surface area contributed by atoms with Crippen LogP contribution in [0.15, 0.2) is 83.8 Å². The van der Waals surface area contributed by atoms with E-state index in [2.05, 4.69) is 20.7 Å². The highest BCUT2D eigenvalue weighted by atomic mass is 35.5. The number of piperidine rings is 1. The van der Waals surface area contributed by atoms with Crippen molar-refractivity contribution in [3.63, 3.8) is 0 Å². The first-order valence-corrected chi connectivity index (χ1v) is 15.1. The lowest BCUT2D eigenvalue weighted by molar-refractivity contribution is -0.120. The Bertz CT molecular complexity index is 1370. The van der Waals surface area contributed by atoms with Gasteiger partial charge in [-0.2, -0.15) is 0 Å². The number of amides is 2. The molecule has 220 valence electrons. The van der Waals surface area contributed by atoms with Crippen LogP contribution in [0.25, 0.3) is 0 Å². The second-order valence-electron chi connectivity index (χ2n) is 9.76. The van der Waals surface area contributed by atoms with Crippen LogP contribution in [0.1, 0.15) is 42.5 Å². The van der Waals surface area contributed by atoms with E-state index >= 15 is 0 Å². The van der Waals surface area contributed by atoms with E-state index in [9.17, 15) is 18.0 Å². The van der Waals surface area contributed by atoms with Gasteiger partial charge in [-0.05, 0) is 86.8 Å². The molecular weight excluding hydrogens is 564 g/mol. The normalized spacial score (nSPS) is 13.5. The molecule has 4 rings (SSSR count). The second-order valence-corrected chi connectivity index (χ2v) is 11.4. The molecule has 41 heavy (non-hydrogen) atoms. The topological polar surface area (TPSA) is 126 Å². The van der Waals surface area contributed by atoms with Crippen LogP contribution >= 0.6 is 12.4 Å². The van der Waals surface area contributed by atoms with Crippen molar-refractivity contribution < 1.29 is 22.7 Å². The van der Waals surface area contributed by atoms with Crippen molar-refractivity contribution in [2.45, 2.75) is 37.0 Å². The summed E-state index contributed by atoms with van der Waals surface area (Å²) < 4.78 is 34.4. The van der Waals surface area contributed by atoms with Gasteiger partial charge < -0.3 is 20.7 Å². The number of carbonyl (C=O) groups is 2. The fraction of sp³-hybridized carbons (Fsp3) is 0.333. The Hall–Kier alpha value is -3.60. The van der Waals surface area contributed by atoms with E-state index in [1.54, 1.807) is 36.4 Å². The molecule has 11 heteroatoms. The van der Waals surface area contributed by atoms with Gasteiger partial charge in [0.25, 0.3) is 15.9 Å². The number of ether oxygens (including phenoxy) is 1. The molecule has 1 heterocycles. The molecule has 0 spiro atoms. The zero-order valence-corrected chi connectivity index (χ0v) is 24.4. The lowest BCUT2D eigenvalue weighted by atomic mass is 9.92. The molecule has 3 aromatic rings. The molecule has 0 aromatic heterocycles. The van der Waals surface area contributed by atoms with Crippen molar-refractivity contribution in [1.29, 1.82) is 0 Å². The number of benzene rings is 3. The summed E-state index contributed by atoms with van der Waals surface area (Å²) in [6.45, 7) is 2.62. The largest absolute Gasteiger partial charge is 0.455 e. The number of sulfonamides is 1. The van der Waals surface area contributed by atoms with E-state index in [0.717, 1.165) is 31.8 Å². The molecular formula is C30H37ClN4O5S. The molecule has 0 bridgehead atoms. The average molecular weight is 601 g/mol. The molecule has 9 nitrogen and oxygen atoms in total. The van der Waals surface area contributed by atoms with Crippen LogP contribution in [0.5, 0.6) is 11.5 Å². The van der Waals surface area contributed by atoms with Crippen molar-refractivity contribution in [3.05, 3.63) is 84.4 Å². The molecule has 2 amide bonds. The number of hydrogen-bond donors (Lipinski definition) is 4. The highest BCUT2D eigenvalue weighted by Crippen LogP contribution is 2.31. The molecule has 0 atom stereocenters. The van der Waals surface area contributed by atoms with E-state index in [-0.39, 0.29) is 41.0 Å². The maximum Gasteiger partial charge on any atom is 0.262 e. The summed E-state index contributed by atoms with van der Waals surface area (Å²) in [5.74, 6) is 0.992. The number of para-hydroxylation sites is 3. The molecule has 1 fully saturated rings. The molecule has 4 N–H and O–H groups in total. The number of rotatable bonds is 13. The maximum absolute atomic E-state index is 13.0. The zero-order valence-electron chi connectivity index (χ0n) is 22.8.